The molecule has 1 atom stereocenters. The van der Waals surface area contributed by atoms with Crippen molar-refractivity contribution >= 4 is 23.6 Å². The molecule has 5 nitrogen and oxygen atoms in total. The van der Waals surface area contributed by atoms with Crippen LogP contribution in [0.4, 0.5) is 5.69 Å². The Balaban J connectivity index is 1.98. The van der Waals surface area contributed by atoms with Gasteiger partial charge in [-0.2, -0.15) is 0 Å². The van der Waals surface area contributed by atoms with Crippen LogP contribution in [-0.4, -0.2) is 36.4 Å². The number of rotatable bonds is 8. The van der Waals surface area contributed by atoms with Gasteiger partial charge in [0, 0.05) is 31.3 Å². The van der Waals surface area contributed by atoms with E-state index in [1.807, 2.05) is 60.4 Å². The number of hydrogen-bond donors (Lipinski definition) is 1. The van der Waals surface area contributed by atoms with Crippen LogP contribution >= 0.6 is 0 Å². The lowest BCUT2D eigenvalue weighted by Gasteiger charge is -2.27. The second-order valence-electron chi connectivity index (χ2n) is 6.66. The molecule has 2 amide bonds. The smallest absolute Gasteiger partial charge is 0.246 e. The van der Waals surface area contributed by atoms with Crippen LogP contribution in [0.5, 0.6) is 5.75 Å². The molecule has 2 aromatic rings. The first-order chi connectivity index (χ1) is 13.4. The molecule has 0 spiro atoms. The maximum absolute atomic E-state index is 12.7. The van der Waals surface area contributed by atoms with E-state index in [1.165, 1.54) is 6.92 Å². The first kappa shape index (κ1) is 21.2. The molecule has 28 heavy (non-hydrogen) atoms. The Morgan fingerprint density at radius 2 is 1.75 bits per heavy atom. The number of carbonyl (C=O) groups is 2. The molecule has 0 aliphatic heterocycles. The van der Waals surface area contributed by atoms with Crippen molar-refractivity contribution < 1.29 is 14.3 Å². The Morgan fingerprint density at radius 3 is 2.29 bits per heavy atom. The van der Waals surface area contributed by atoms with Gasteiger partial charge in [-0.05, 0) is 61.7 Å². The second-order valence-corrected chi connectivity index (χ2v) is 6.66. The van der Waals surface area contributed by atoms with E-state index in [1.54, 1.807) is 19.3 Å². The van der Waals surface area contributed by atoms with Crippen LogP contribution < -0.4 is 10.1 Å². The third-order valence-corrected chi connectivity index (χ3v) is 4.50. The Bertz CT molecular complexity index is 811. The molecule has 1 unspecified atom stereocenters. The SMILES string of the molecule is CCN(C(=O)C=Cc1ccc(NC(C)=O)cc1)C(C)Cc1ccc(OC)cc1. The van der Waals surface area contributed by atoms with Gasteiger partial charge in [0.25, 0.3) is 0 Å². The van der Waals surface area contributed by atoms with E-state index in [4.69, 9.17) is 4.74 Å². The summed E-state index contributed by atoms with van der Waals surface area (Å²) >= 11 is 0. The zero-order valence-corrected chi connectivity index (χ0v) is 16.9. The van der Waals surface area contributed by atoms with Crippen molar-refractivity contribution in [3.63, 3.8) is 0 Å². The summed E-state index contributed by atoms with van der Waals surface area (Å²) in [6, 6.07) is 15.4. The average Bonchev–Trinajstić information content (AvgIpc) is 2.68. The minimum atomic E-state index is -0.108. The summed E-state index contributed by atoms with van der Waals surface area (Å²) in [7, 11) is 1.65. The summed E-state index contributed by atoms with van der Waals surface area (Å²) in [4.78, 5) is 25.6. The average molecular weight is 380 g/mol. The molecule has 0 saturated heterocycles. The highest BCUT2D eigenvalue weighted by molar-refractivity contribution is 5.92. The molecule has 1 N–H and O–H groups in total. The topological polar surface area (TPSA) is 58.6 Å². The first-order valence-electron chi connectivity index (χ1n) is 9.42. The second kappa shape index (κ2) is 10.3. The van der Waals surface area contributed by atoms with Gasteiger partial charge in [-0.15, -0.1) is 0 Å². The molecule has 0 fully saturated rings. The van der Waals surface area contributed by atoms with Crippen LogP contribution in [0.2, 0.25) is 0 Å². The van der Waals surface area contributed by atoms with E-state index < -0.39 is 0 Å². The number of carbonyl (C=O) groups excluding carboxylic acids is 2. The molecule has 0 bridgehead atoms. The molecule has 0 radical (unpaired) electrons. The Labute approximate surface area is 167 Å². The van der Waals surface area contributed by atoms with Crippen molar-refractivity contribution in [3.8, 4) is 5.75 Å². The summed E-state index contributed by atoms with van der Waals surface area (Å²) in [5, 5.41) is 2.72. The van der Waals surface area contributed by atoms with Crippen molar-refractivity contribution in [2.75, 3.05) is 19.0 Å². The summed E-state index contributed by atoms with van der Waals surface area (Å²) in [6.07, 6.45) is 4.17. The minimum Gasteiger partial charge on any atom is -0.497 e. The van der Waals surface area contributed by atoms with E-state index in [2.05, 4.69) is 12.2 Å². The third-order valence-electron chi connectivity index (χ3n) is 4.50. The molecular formula is C23H28N2O3. The highest BCUT2D eigenvalue weighted by Gasteiger charge is 2.16. The molecule has 0 aliphatic carbocycles. The molecular weight excluding hydrogens is 352 g/mol. The van der Waals surface area contributed by atoms with Gasteiger partial charge in [0.1, 0.15) is 5.75 Å². The number of likely N-dealkylation sites (N-methyl/N-ethyl adjacent to an activating group) is 1. The number of amides is 2. The quantitative estimate of drug-likeness (QED) is 0.700. The lowest BCUT2D eigenvalue weighted by molar-refractivity contribution is -0.127. The number of anilines is 1. The van der Waals surface area contributed by atoms with Crippen LogP contribution in [0.3, 0.4) is 0 Å². The van der Waals surface area contributed by atoms with Crippen molar-refractivity contribution in [1.82, 2.24) is 4.90 Å². The summed E-state index contributed by atoms with van der Waals surface area (Å²) < 4.78 is 5.19. The largest absolute Gasteiger partial charge is 0.497 e. The Kier molecular flexibility index (Phi) is 7.81. The van der Waals surface area contributed by atoms with Crippen LogP contribution in [0, 0.1) is 0 Å². The maximum atomic E-state index is 12.7. The maximum Gasteiger partial charge on any atom is 0.246 e. The van der Waals surface area contributed by atoms with Crippen molar-refractivity contribution in [2.24, 2.45) is 0 Å². The van der Waals surface area contributed by atoms with Gasteiger partial charge in [-0.1, -0.05) is 24.3 Å². The van der Waals surface area contributed by atoms with Gasteiger partial charge in [0.05, 0.1) is 7.11 Å². The molecule has 5 heteroatoms. The molecule has 2 rings (SSSR count). The summed E-state index contributed by atoms with van der Waals surface area (Å²) in [5.74, 6) is 0.699. The number of methoxy groups -OCH3 is 1. The Morgan fingerprint density at radius 1 is 1.11 bits per heavy atom. The van der Waals surface area contributed by atoms with E-state index >= 15 is 0 Å². The number of ether oxygens (including phenoxy) is 1. The number of hydrogen-bond acceptors (Lipinski definition) is 3. The van der Waals surface area contributed by atoms with E-state index in [-0.39, 0.29) is 17.9 Å². The van der Waals surface area contributed by atoms with E-state index in [0.717, 1.165) is 29.0 Å². The monoisotopic (exact) mass is 380 g/mol. The lowest BCUT2D eigenvalue weighted by Crippen LogP contribution is -2.38. The summed E-state index contributed by atoms with van der Waals surface area (Å²) in [5.41, 5.74) is 2.80. The molecule has 0 saturated carbocycles. The predicted octanol–water partition coefficient (Wildman–Crippen LogP) is 4.15. The van der Waals surface area contributed by atoms with Gasteiger partial charge in [0.15, 0.2) is 0 Å². The fraction of sp³-hybridized carbons (Fsp3) is 0.304. The van der Waals surface area contributed by atoms with Crippen LogP contribution in [0.15, 0.2) is 54.6 Å². The normalized spacial score (nSPS) is 11.9. The first-order valence-corrected chi connectivity index (χ1v) is 9.42. The van der Waals surface area contributed by atoms with Crippen molar-refractivity contribution in [3.05, 3.63) is 65.7 Å². The Hall–Kier alpha value is -3.08. The molecule has 148 valence electrons. The molecule has 0 aromatic heterocycles. The molecule has 0 aliphatic rings. The fourth-order valence-electron chi connectivity index (χ4n) is 3.04. The number of nitrogens with one attached hydrogen (secondary N) is 1. The van der Waals surface area contributed by atoms with Gasteiger partial charge in [-0.25, -0.2) is 0 Å². The third kappa shape index (κ3) is 6.27. The zero-order chi connectivity index (χ0) is 20.5. The zero-order valence-electron chi connectivity index (χ0n) is 16.9. The van der Waals surface area contributed by atoms with Crippen LogP contribution in [0.25, 0.3) is 6.08 Å². The standard InChI is InChI=1S/C23H28N2O3/c1-5-25(17(2)16-20-8-13-22(28-4)14-9-20)23(27)15-10-19-6-11-21(12-7-19)24-18(3)26/h6-15,17H,5,16H2,1-4H3,(H,24,26). The van der Waals surface area contributed by atoms with E-state index in [9.17, 15) is 9.59 Å². The molecule has 0 heterocycles. The summed E-state index contributed by atoms with van der Waals surface area (Å²) in [6.45, 7) is 6.15. The van der Waals surface area contributed by atoms with Crippen LogP contribution in [0.1, 0.15) is 31.9 Å². The van der Waals surface area contributed by atoms with Crippen molar-refractivity contribution in [1.29, 1.82) is 0 Å². The number of benzene rings is 2. The van der Waals surface area contributed by atoms with Gasteiger partial charge in [0.2, 0.25) is 11.8 Å². The predicted molar refractivity (Wildman–Crippen MR) is 113 cm³/mol. The van der Waals surface area contributed by atoms with Crippen LogP contribution in [-0.2, 0) is 16.0 Å². The fourth-order valence-corrected chi connectivity index (χ4v) is 3.04. The lowest BCUT2D eigenvalue weighted by atomic mass is 10.1. The minimum absolute atomic E-state index is 0.0190. The highest BCUT2D eigenvalue weighted by atomic mass is 16.5. The molecule has 2 aromatic carbocycles. The van der Waals surface area contributed by atoms with E-state index in [0.29, 0.717) is 6.54 Å². The van der Waals surface area contributed by atoms with Gasteiger partial charge < -0.3 is 15.0 Å². The number of nitrogens with zero attached hydrogens (tertiary/aromatic N) is 1. The van der Waals surface area contributed by atoms with Gasteiger partial charge in [-0.3, -0.25) is 9.59 Å². The highest BCUT2D eigenvalue weighted by Crippen LogP contribution is 2.15. The van der Waals surface area contributed by atoms with Crippen molar-refractivity contribution in [2.45, 2.75) is 33.2 Å². The van der Waals surface area contributed by atoms with Gasteiger partial charge >= 0.3 is 0 Å².